The van der Waals surface area contributed by atoms with Crippen molar-refractivity contribution in [3.8, 4) is 0 Å². The van der Waals surface area contributed by atoms with Gasteiger partial charge in [0.1, 0.15) is 11.7 Å². The molecule has 2 N–H and O–H groups in total. The maximum atomic E-state index is 12.9. The lowest BCUT2D eigenvalue weighted by atomic mass is 10.2. The summed E-state index contributed by atoms with van der Waals surface area (Å²) in [6.07, 6.45) is 3.11. The zero-order chi connectivity index (χ0) is 17.4. The van der Waals surface area contributed by atoms with E-state index in [-0.39, 0.29) is 11.8 Å². The van der Waals surface area contributed by atoms with Crippen molar-refractivity contribution < 1.29 is 9.59 Å². The molecule has 25 heavy (non-hydrogen) atoms. The minimum absolute atomic E-state index is 0.149. The molecule has 128 valence electrons. The standard InChI is InChI=1S/C17H15BrN4O2S/c18-11-4-3-10-8-13(20-12(10)9-11)16(24)22-6-1-2-14(22)15(23)21-17-19-5-7-25-17/h3-5,7-9,14,20H,1-2,6H2,(H,19,21,23). The Morgan fingerprint density at radius 2 is 2.24 bits per heavy atom. The van der Waals surface area contributed by atoms with Gasteiger partial charge in [-0.2, -0.15) is 0 Å². The average molecular weight is 419 g/mol. The van der Waals surface area contributed by atoms with Gasteiger partial charge in [-0.3, -0.25) is 9.59 Å². The summed E-state index contributed by atoms with van der Waals surface area (Å²) >= 11 is 4.79. The van der Waals surface area contributed by atoms with Crippen molar-refractivity contribution in [3.05, 3.63) is 46.0 Å². The summed E-state index contributed by atoms with van der Waals surface area (Å²) < 4.78 is 0.947. The van der Waals surface area contributed by atoms with Crippen molar-refractivity contribution in [2.75, 3.05) is 11.9 Å². The zero-order valence-corrected chi connectivity index (χ0v) is 15.6. The molecule has 0 aliphatic carbocycles. The number of benzene rings is 1. The molecule has 2 aromatic heterocycles. The number of nitrogens with zero attached hydrogens (tertiary/aromatic N) is 2. The molecule has 1 fully saturated rings. The van der Waals surface area contributed by atoms with Crippen LogP contribution in [0.25, 0.3) is 10.9 Å². The lowest BCUT2D eigenvalue weighted by molar-refractivity contribution is -0.119. The molecule has 0 saturated carbocycles. The number of carbonyl (C=O) groups excluding carboxylic acids is 2. The Morgan fingerprint density at radius 3 is 3.04 bits per heavy atom. The van der Waals surface area contributed by atoms with Gasteiger partial charge < -0.3 is 15.2 Å². The number of rotatable bonds is 3. The van der Waals surface area contributed by atoms with E-state index < -0.39 is 6.04 Å². The summed E-state index contributed by atoms with van der Waals surface area (Å²) in [5, 5.41) is 6.12. The quantitative estimate of drug-likeness (QED) is 0.681. The molecular formula is C17H15BrN4O2S. The maximum absolute atomic E-state index is 12.9. The van der Waals surface area contributed by atoms with E-state index in [1.807, 2.05) is 24.3 Å². The molecule has 6 nitrogen and oxygen atoms in total. The van der Waals surface area contributed by atoms with Crippen molar-refractivity contribution in [1.29, 1.82) is 0 Å². The monoisotopic (exact) mass is 418 g/mol. The number of anilines is 1. The summed E-state index contributed by atoms with van der Waals surface area (Å²) in [6, 6.07) is 7.18. The number of aromatic nitrogens is 2. The predicted molar refractivity (Wildman–Crippen MR) is 101 cm³/mol. The van der Waals surface area contributed by atoms with Gasteiger partial charge in [0.15, 0.2) is 5.13 Å². The third kappa shape index (κ3) is 3.19. The number of H-pyrrole nitrogens is 1. The lowest BCUT2D eigenvalue weighted by Crippen LogP contribution is -2.43. The molecule has 1 aliphatic heterocycles. The van der Waals surface area contributed by atoms with Crippen LogP contribution in [0.4, 0.5) is 5.13 Å². The van der Waals surface area contributed by atoms with Crippen LogP contribution in [-0.2, 0) is 4.79 Å². The third-order valence-corrected chi connectivity index (χ3v) is 5.48. The fourth-order valence-electron chi connectivity index (χ4n) is 3.13. The van der Waals surface area contributed by atoms with Gasteiger partial charge in [-0.25, -0.2) is 4.98 Å². The van der Waals surface area contributed by atoms with E-state index >= 15 is 0 Å². The predicted octanol–water partition coefficient (Wildman–Crippen LogP) is 3.63. The minimum Gasteiger partial charge on any atom is -0.350 e. The number of hydrogen-bond acceptors (Lipinski definition) is 4. The zero-order valence-electron chi connectivity index (χ0n) is 13.2. The number of thiazole rings is 1. The highest BCUT2D eigenvalue weighted by molar-refractivity contribution is 9.10. The fourth-order valence-corrected chi connectivity index (χ4v) is 4.02. The van der Waals surface area contributed by atoms with Crippen LogP contribution in [0.1, 0.15) is 23.3 Å². The number of carbonyl (C=O) groups is 2. The molecule has 1 atom stereocenters. The van der Waals surface area contributed by atoms with Crippen molar-refractivity contribution in [2.24, 2.45) is 0 Å². The van der Waals surface area contributed by atoms with Gasteiger partial charge in [-0.05, 0) is 31.0 Å². The van der Waals surface area contributed by atoms with E-state index in [4.69, 9.17) is 0 Å². The summed E-state index contributed by atoms with van der Waals surface area (Å²) in [5.41, 5.74) is 1.39. The Labute approximate surface area is 156 Å². The van der Waals surface area contributed by atoms with E-state index in [9.17, 15) is 9.59 Å². The molecule has 1 saturated heterocycles. The SMILES string of the molecule is O=C(Nc1nccs1)C1CCCN1C(=O)c1cc2ccc(Br)cc2[nH]1. The van der Waals surface area contributed by atoms with E-state index in [0.29, 0.717) is 23.8 Å². The van der Waals surface area contributed by atoms with Crippen LogP contribution in [0, 0.1) is 0 Å². The normalized spacial score (nSPS) is 17.2. The fraction of sp³-hybridized carbons (Fsp3) is 0.235. The lowest BCUT2D eigenvalue weighted by Gasteiger charge is -2.23. The van der Waals surface area contributed by atoms with E-state index in [2.05, 4.69) is 31.2 Å². The second kappa shape index (κ2) is 6.61. The van der Waals surface area contributed by atoms with Crippen LogP contribution in [0.5, 0.6) is 0 Å². The molecule has 1 aromatic carbocycles. The first-order chi connectivity index (χ1) is 12.1. The van der Waals surface area contributed by atoms with Crippen LogP contribution in [0.15, 0.2) is 40.3 Å². The minimum atomic E-state index is -0.463. The Balaban J connectivity index is 1.56. The first-order valence-electron chi connectivity index (χ1n) is 7.91. The first kappa shape index (κ1) is 16.3. The second-order valence-electron chi connectivity index (χ2n) is 5.90. The Bertz CT molecular complexity index is 937. The summed E-state index contributed by atoms with van der Waals surface area (Å²) in [4.78, 5) is 34.3. The number of fused-ring (bicyclic) bond motifs is 1. The van der Waals surface area contributed by atoms with Crippen molar-refractivity contribution in [2.45, 2.75) is 18.9 Å². The first-order valence-corrected chi connectivity index (χ1v) is 9.59. The van der Waals surface area contributed by atoms with Crippen molar-refractivity contribution in [3.63, 3.8) is 0 Å². The molecule has 8 heteroatoms. The number of aromatic amines is 1. The van der Waals surface area contributed by atoms with Gasteiger partial charge in [0.05, 0.1) is 0 Å². The second-order valence-corrected chi connectivity index (χ2v) is 7.71. The largest absolute Gasteiger partial charge is 0.350 e. The highest BCUT2D eigenvalue weighted by Gasteiger charge is 2.35. The number of nitrogens with one attached hydrogen (secondary N) is 2. The van der Waals surface area contributed by atoms with Crippen molar-refractivity contribution >= 4 is 55.1 Å². The van der Waals surface area contributed by atoms with Gasteiger partial charge in [-0.1, -0.05) is 22.0 Å². The summed E-state index contributed by atoms with van der Waals surface area (Å²) in [5.74, 6) is -0.330. The molecule has 0 radical (unpaired) electrons. The van der Waals surface area contributed by atoms with E-state index in [1.165, 1.54) is 11.3 Å². The summed E-state index contributed by atoms with van der Waals surface area (Å²) in [6.45, 7) is 0.577. The Hall–Kier alpha value is -2.19. The highest BCUT2D eigenvalue weighted by atomic mass is 79.9. The molecule has 0 spiro atoms. The molecule has 4 rings (SSSR count). The molecular weight excluding hydrogens is 404 g/mol. The maximum Gasteiger partial charge on any atom is 0.270 e. The number of hydrogen-bond donors (Lipinski definition) is 2. The Morgan fingerprint density at radius 1 is 1.36 bits per heavy atom. The van der Waals surface area contributed by atoms with Crippen LogP contribution in [0.3, 0.4) is 0 Å². The molecule has 1 aliphatic rings. The molecule has 0 bridgehead atoms. The van der Waals surface area contributed by atoms with Crippen molar-refractivity contribution in [1.82, 2.24) is 14.9 Å². The van der Waals surface area contributed by atoms with Gasteiger partial charge >= 0.3 is 0 Å². The van der Waals surface area contributed by atoms with E-state index in [1.54, 1.807) is 16.5 Å². The number of likely N-dealkylation sites (tertiary alicyclic amines) is 1. The number of halogens is 1. The molecule has 3 heterocycles. The molecule has 1 unspecified atom stereocenters. The highest BCUT2D eigenvalue weighted by Crippen LogP contribution is 2.25. The van der Waals surface area contributed by atoms with Gasteiger partial charge in [0.2, 0.25) is 5.91 Å². The number of amides is 2. The van der Waals surface area contributed by atoms with Crippen LogP contribution >= 0.6 is 27.3 Å². The third-order valence-electron chi connectivity index (χ3n) is 4.29. The van der Waals surface area contributed by atoms with E-state index in [0.717, 1.165) is 21.8 Å². The van der Waals surface area contributed by atoms with Crippen LogP contribution in [0.2, 0.25) is 0 Å². The summed E-state index contributed by atoms with van der Waals surface area (Å²) in [7, 11) is 0. The van der Waals surface area contributed by atoms with Gasteiger partial charge in [0.25, 0.3) is 5.91 Å². The smallest absolute Gasteiger partial charge is 0.270 e. The van der Waals surface area contributed by atoms with Gasteiger partial charge in [-0.15, -0.1) is 11.3 Å². The van der Waals surface area contributed by atoms with Gasteiger partial charge in [0, 0.05) is 33.5 Å². The topological polar surface area (TPSA) is 78.1 Å². The average Bonchev–Trinajstić information content (AvgIpc) is 3.33. The van der Waals surface area contributed by atoms with Crippen LogP contribution < -0.4 is 5.32 Å². The van der Waals surface area contributed by atoms with Crippen LogP contribution in [-0.4, -0.2) is 39.3 Å². The molecule has 2 amide bonds. The molecule has 3 aromatic rings. The Kier molecular flexibility index (Phi) is 4.30.